The van der Waals surface area contributed by atoms with Crippen LogP contribution < -0.4 is 22.9 Å². The van der Waals surface area contributed by atoms with E-state index in [1.165, 1.54) is 0 Å². The Morgan fingerprint density at radius 3 is 1.74 bits per heavy atom. The molecule has 0 rings (SSSR count). The Balaban J connectivity index is -0.000000228. The number of aliphatic hydroxyl groups excluding tert-OH is 4. The lowest BCUT2D eigenvalue weighted by atomic mass is 9.83. The zero-order chi connectivity index (χ0) is 30.4. The number of hydrogen-bond donors (Lipinski definition) is 8. The van der Waals surface area contributed by atoms with Crippen LogP contribution in [0.4, 0.5) is 0 Å². The largest absolute Gasteiger partial charge is 0.396 e. The second-order valence-corrected chi connectivity index (χ2v) is 10.1. The van der Waals surface area contributed by atoms with E-state index >= 15 is 0 Å². The molecule has 11 heteroatoms. The van der Waals surface area contributed by atoms with Gasteiger partial charge in [0.2, 0.25) is 0 Å². The van der Waals surface area contributed by atoms with Crippen LogP contribution in [0.15, 0.2) is 0 Å². The highest BCUT2D eigenvalue weighted by Gasteiger charge is 2.37. The number of aliphatic hydroxyl groups is 4. The van der Waals surface area contributed by atoms with Gasteiger partial charge in [-0.3, -0.25) is 0 Å². The summed E-state index contributed by atoms with van der Waals surface area (Å²) in [6.07, 6.45) is 6.47. The van der Waals surface area contributed by atoms with Crippen LogP contribution >= 0.6 is 0 Å². The number of nitrogens with zero attached hydrogens (tertiary/aromatic N) is 2. The lowest BCUT2D eigenvalue weighted by molar-refractivity contribution is 0.0269. The second-order valence-electron chi connectivity index (χ2n) is 10.1. The highest BCUT2D eigenvalue weighted by atomic mass is 16.5. The van der Waals surface area contributed by atoms with E-state index in [0.717, 1.165) is 77.8 Å². The van der Waals surface area contributed by atoms with Gasteiger partial charge in [0.25, 0.3) is 0 Å². The number of rotatable bonds is 19. The first-order chi connectivity index (χ1) is 17.9. The van der Waals surface area contributed by atoms with Crippen LogP contribution in [-0.2, 0) is 4.74 Å². The topological polar surface area (TPSA) is 201 Å². The SMILES string of the molecule is CCCC(N)C(O)CC(C)(C(N)CO)N(C)C.CCOCCCN.CN(C)CCCO.NCCCCCO. The van der Waals surface area contributed by atoms with Crippen LogP contribution in [0.5, 0.6) is 0 Å². The van der Waals surface area contributed by atoms with E-state index in [4.69, 9.17) is 37.9 Å². The molecular formula is C27H68N6O5. The average Bonchev–Trinajstić information content (AvgIpc) is 2.88. The van der Waals surface area contributed by atoms with Crippen molar-refractivity contribution >= 4 is 0 Å². The van der Waals surface area contributed by atoms with E-state index < -0.39 is 17.7 Å². The van der Waals surface area contributed by atoms with Gasteiger partial charge in [-0.15, -0.1) is 0 Å². The van der Waals surface area contributed by atoms with E-state index in [9.17, 15) is 10.2 Å². The summed E-state index contributed by atoms with van der Waals surface area (Å²) < 4.78 is 4.99. The van der Waals surface area contributed by atoms with E-state index in [-0.39, 0.29) is 12.6 Å². The van der Waals surface area contributed by atoms with Crippen molar-refractivity contribution in [1.29, 1.82) is 0 Å². The Morgan fingerprint density at radius 2 is 1.39 bits per heavy atom. The third-order valence-electron chi connectivity index (χ3n) is 6.08. The van der Waals surface area contributed by atoms with Crippen molar-refractivity contribution < 1.29 is 25.2 Å². The molecule has 11 nitrogen and oxygen atoms in total. The van der Waals surface area contributed by atoms with Crippen molar-refractivity contribution in [2.45, 2.75) is 95.9 Å². The fraction of sp³-hybridized carbons (Fsp3) is 1.00. The van der Waals surface area contributed by atoms with Crippen LogP contribution in [0.2, 0.25) is 0 Å². The summed E-state index contributed by atoms with van der Waals surface area (Å²) in [5, 5.41) is 35.8. The molecule has 0 aromatic carbocycles. The molecule has 0 amide bonds. The van der Waals surface area contributed by atoms with Gasteiger partial charge in [0, 0.05) is 44.1 Å². The molecule has 0 aliphatic heterocycles. The summed E-state index contributed by atoms with van der Waals surface area (Å²) in [5.74, 6) is 0. The molecule has 0 aliphatic rings. The fourth-order valence-corrected chi connectivity index (χ4v) is 3.11. The Kier molecular flexibility index (Phi) is 38.4. The Bertz CT molecular complexity index is 421. The van der Waals surface area contributed by atoms with Crippen LogP contribution in [0.3, 0.4) is 0 Å². The third kappa shape index (κ3) is 30.1. The van der Waals surface area contributed by atoms with Gasteiger partial charge in [0.05, 0.1) is 12.7 Å². The minimum atomic E-state index is -0.597. The van der Waals surface area contributed by atoms with Crippen LogP contribution in [-0.4, -0.2) is 135 Å². The molecule has 12 N–H and O–H groups in total. The first-order valence-electron chi connectivity index (χ1n) is 14.2. The minimum absolute atomic E-state index is 0.107. The van der Waals surface area contributed by atoms with Crippen LogP contribution in [0.1, 0.15) is 72.1 Å². The Hall–Kier alpha value is -0.440. The van der Waals surface area contributed by atoms with Gasteiger partial charge in [-0.1, -0.05) is 13.3 Å². The summed E-state index contributed by atoms with van der Waals surface area (Å²) in [4.78, 5) is 3.99. The Morgan fingerprint density at radius 1 is 0.842 bits per heavy atom. The molecule has 0 heterocycles. The van der Waals surface area contributed by atoms with Gasteiger partial charge >= 0.3 is 0 Å². The van der Waals surface area contributed by atoms with Crippen molar-refractivity contribution in [2.24, 2.45) is 22.9 Å². The van der Waals surface area contributed by atoms with Crippen LogP contribution in [0, 0.1) is 0 Å². The molecule has 0 radical (unpaired) electrons. The van der Waals surface area contributed by atoms with E-state index in [0.29, 0.717) is 19.6 Å². The number of likely N-dealkylation sites (N-methyl/N-ethyl adjacent to an activating group) is 1. The quantitative estimate of drug-likeness (QED) is 0.0989. The molecule has 0 saturated carbocycles. The molecule has 38 heavy (non-hydrogen) atoms. The lowest BCUT2D eigenvalue weighted by Crippen LogP contribution is -2.59. The van der Waals surface area contributed by atoms with Crippen molar-refractivity contribution in [2.75, 3.05) is 80.9 Å². The number of nitrogens with two attached hydrogens (primary N) is 4. The molecule has 0 spiro atoms. The normalized spacial score (nSPS) is 14.8. The second kappa shape index (κ2) is 32.8. The summed E-state index contributed by atoms with van der Waals surface area (Å²) in [6.45, 7) is 10.6. The first-order valence-corrected chi connectivity index (χ1v) is 14.2. The van der Waals surface area contributed by atoms with Gasteiger partial charge in [-0.05, 0) is 107 Å². The monoisotopic (exact) mass is 557 g/mol. The molecule has 0 fully saturated rings. The Labute approximate surface area is 234 Å². The van der Waals surface area contributed by atoms with Crippen molar-refractivity contribution in [1.82, 2.24) is 9.80 Å². The van der Waals surface area contributed by atoms with Gasteiger partial charge in [0.1, 0.15) is 0 Å². The highest BCUT2D eigenvalue weighted by molar-refractivity contribution is 4.96. The summed E-state index contributed by atoms with van der Waals surface area (Å²) in [6, 6.07) is -0.633. The summed E-state index contributed by atoms with van der Waals surface area (Å²) in [7, 11) is 7.78. The summed E-state index contributed by atoms with van der Waals surface area (Å²) >= 11 is 0. The van der Waals surface area contributed by atoms with Gasteiger partial charge in [-0.2, -0.15) is 0 Å². The highest BCUT2D eigenvalue weighted by Crippen LogP contribution is 2.23. The van der Waals surface area contributed by atoms with Gasteiger partial charge in [0.15, 0.2) is 0 Å². The molecule has 236 valence electrons. The molecule has 0 bridgehead atoms. The minimum Gasteiger partial charge on any atom is -0.396 e. The van der Waals surface area contributed by atoms with E-state index in [2.05, 4.69) is 4.90 Å². The standard InChI is InChI=1S/C12H29N3O2.3C5H13NO/c1-5-6-9(13)10(17)7-12(2,15(3)4)11(14)8-16;1-6(2)4-3-5-7;1-2-7-5-3-4-6;6-4-2-1-3-5-7/h9-11,16-17H,5-8,13-14H2,1-4H3;7H,3-5H2,1-2H3;2-6H2,1H3;7H,1-6H2. The fourth-order valence-electron chi connectivity index (χ4n) is 3.11. The molecule has 0 aromatic heterocycles. The van der Waals surface area contributed by atoms with E-state index in [1.54, 1.807) is 0 Å². The predicted octanol–water partition coefficient (Wildman–Crippen LogP) is -0.0855. The van der Waals surface area contributed by atoms with E-state index in [1.807, 2.05) is 53.9 Å². The van der Waals surface area contributed by atoms with Crippen molar-refractivity contribution in [3.63, 3.8) is 0 Å². The van der Waals surface area contributed by atoms with Crippen molar-refractivity contribution in [3.05, 3.63) is 0 Å². The number of unbranched alkanes of at least 4 members (excludes halogenated alkanes) is 2. The van der Waals surface area contributed by atoms with Gasteiger partial charge < -0.3 is 57.9 Å². The smallest absolute Gasteiger partial charge is 0.0709 e. The van der Waals surface area contributed by atoms with Gasteiger partial charge in [-0.25, -0.2) is 0 Å². The molecule has 4 atom stereocenters. The number of hydrogen-bond acceptors (Lipinski definition) is 11. The number of ether oxygens (including phenoxy) is 1. The van der Waals surface area contributed by atoms with Crippen molar-refractivity contribution in [3.8, 4) is 0 Å². The zero-order valence-corrected chi connectivity index (χ0v) is 25.9. The summed E-state index contributed by atoms with van der Waals surface area (Å²) in [5.41, 5.74) is 21.8. The average molecular weight is 557 g/mol. The zero-order valence-electron chi connectivity index (χ0n) is 25.9. The van der Waals surface area contributed by atoms with Crippen LogP contribution in [0.25, 0.3) is 0 Å². The lowest BCUT2D eigenvalue weighted by Gasteiger charge is -2.42. The molecule has 0 saturated heterocycles. The first kappa shape index (κ1) is 44.6. The molecule has 0 aromatic rings. The third-order valence-corrected chi connectivity index (χ3v) is 6.08. The molecule has 0 aliphatic carbocycles. The maximum Gasteiger partial charge on any atom is 0.0709 e. The maximum absolute atomic E-state index is 10.1. The molecule has 4 unspecified atom stereocenters. The molecular weight excluding hydrogens is 488 g/mol. The predicted molar refractivity (Wildman–Crippen MR) is 161 cm³/mol. The maximum atomic E-state index is 10.1.